The molecule has 2 aromatic rings. The molecule has 0 bridgehead atoms. The van der Waals surface area contributed by atoms with Crippen molar-refractivity contribution in [2.75, 3.05) is 34.3 Å². The Kier molecular flexibility index (Phi) is 8.18. The summed E-state index contributed by atoms with van der Waals surface area (Å²) in [6.45, 7) is 1.84. The molecule has 1 heterocycles. The van der Waals surface area contributed by atoms with Gasteiger partial charge in [-0.3, -0.25) is 4.79 Å². The van der Waals surface area contributed by atoms with Gasteiger partial charge in [-0.25, -0.2) is 0 Å². The number of aryl methyl sites for hydroxylation is 1. The van der Waals surface area contributed by atoms with Crippen LogP contribution < -0.4 is 0 Å². The number of phenolic OH excluding ortho intramolecular Hbond substituents is 1. The number of nitrogens with zero attached hydrogens (tertiary/aromatic N) is 2. The van der Waals surface area contributed by atoms with Gasteiger partial charge in [0.1, 0.15) is 5.75 Å². The van der Waals surface area contributed by atoms with Gasteiger partial charge in [0.05, 0.1) is 5.60 Å². The number of carbonyl (C=O) groups excluding carboxylic acids is 1. The third-order valence-electron chi connectivity index (χ3n) is 8.71. The van der Waals surface area contributed by atoms with Crippen molar-refractivity contribution >= 4 is 5.91 Å². The van der Waals surface area contributed by atoms with Gasteiger partial charge in [-0.1, -0.05) is 48.9 Å². The molecule has 1 amide bonds. The molecule has 1 N–H and O–H groups in total. The van der Waals surface area contributed by atoms with E-state index in [0.29, 0.717) is 12.2 Å². The summed E-state index contributed by atoms with van der Waals surface area (Å²) in [5.41, 5.74) is 1.97. The first-order valence-electron chi connectivity index (χ1n) is 13.2. The van der Waals surface area contributed by atoms with Crippen LogP contribution in [0.25, 0.3) is 0 Å². The Morgan fingerprint density at radius 1 is 1.11 bits per heavy atom. The van der Waals surface area contributed by atoms with E-state index in [0.717, 1.165) is 70.0 Å². The number of piperidine rings is 1. The van der Waals surface area contributed by atoms with Crippen molar-refractivity contribution in [2.45, 2.75) is 74.8 Å². The molecule has 5 nitrogen and oxygen atoms in total. The van der Waals surface area contributed by atoms with Crippen molar-refractivity contribution < 1.29 is 14.6 Å². The van der Waals surface area contributed by atoms with Crippen LogP contribution in [0.2, 0.25) is 0 Å². The minimum atomic E-state index is -0.314. The number of unbranched alkanes of at least 4 members (excludes halogenated alkanes) is 2. The van der Waals surface area contributed by atoms with Crippen molar-refractivity contribution in [3.05, 3.63) is 65.7 Å². The summed E-state index contributed by atoms with van der Waals surface area (Å²) in [5.74, 6) is 0.543. The summed E-state index contributed by atoms with van der Waals surface area (Å²) >= 11 is 0. The molecule has 2 aromatic carbocycles. The van der Waals surface area contributed by atoms with Gasteiger partial charge in [-0.05, 0) is 81.8 Å². The summed E-state index contributed by atoms with van der Waals surface area (Å²) in [5, 5.41) is 10.3. The molecule has 1 saturated carbocycles. The number of fused-ring (bicyclic) bond motifs is 1. The van der Waals surface area contributed by atoms with E-state index in [1.807, 2.05) is 31.2 Å². The van der Waals surface area contributed by atoms with Crippen molar-refractivity contribution in [1.29, 1.82) is 0 Å². The van der Waals surface area contributed by atoms with Crippen LogP contribution in [0.15, 0.2) is 54.6 Å². The highest BCUT2D eigenvalue weighted by Gasteiger charge is 2.59. The summed E-state index contributed by atoms with van der Waals surface area (Å²) in [4.78, 5) is 17.5. The molecule has 0 spiro atoms. The van der Waals surface area contributed by atoms with Crippen LogP contribution in [0.5, 0.6) is 5.75 Å². The maximum absolute atomic E-state index is 13.2. The lowest BCUT2D eigenvalue weighted by Gasteiger charge is -2.60. The van der Waals surface area contributed by atoms with Gasteiger partial charge < -0.3 is 19.6 Å². The highest BCUT2D eigenvalue weighted by atomic mass is 16.5. The van der Waals surface area contributed by atoms with Gasteiger partial charge in [0, 0.05) is 38.6 Å². The van der Waals surface area contributed by atoms with Crippen LogP contribution in [-0.2, 0) is 21.4 Å². The van der Waals surface area contributed by atoms with Crippen molar-refractivity contribution in [3.8, 4) is 5.75 Å². The number of carbonyl (C=O) groups is 1. The highest BCUT2D eigenvalue weighted by Crippen LogP contribution is 2.54. The molecule has 190 valence electrons. The number of hydrogen-bond acceptors (Lipinski definition) is 4. The van der Waals surface area contributed by atoms with Crippen LogP contribution in [0, 0.1) is 0 Å². The summed E-state index contributed by atoms with van der Waals surface area (Å²) < 4.78 is 6.34. The smallest absolute Gasteiger partial charge is 0.222 e. The zero-order chi connectivity index (χ0) is 24.9. The van der Waals surface area contributed by atoms with Crippen LogP contribution in [0.3, 0.4) is 0 Å². The third kappa shape index (κ3) is 5.41. The average Bonchev–Trinajstić information content (AvgIpc) is 2.88. The third-order valence-corrected chi connectivity index (χ3v) is 8.71. The second-order valence-corrected chi connectivity index (χ2v) is 10.8. The SMILES string of the molecule is CO[C@]12CC[C@H](N(C)C(=O)CCCCCc3ccccc3)C[C@]1(c1cccc(O)c1)CCN(C)C2. The minimum absolute atomic E-state index is 0.181. The lowest BCUT2D eigenvalue weighted by atomic mass is 9.55. The van der Waals surface area contributed by atoms with E-state index < -0.39 is 0 Å². The number of likely N-dealkylation sites (tertiary alicyclic amines) is 1. The van der Waals surface area contributed by atoms with E-state index in [4.69, 9.17) is 4.74 Å². The number of rotatable bonds is 9. The van der Waals surface area contributed by atoms with Crippen LogP contribution in [0.1, 0.15) is 62.5 Å². The van der Waals surface area contributed by atoms with E-state index in [1.54, 1.807) is 6.07 Å². The fourth-order valence-corrected chi connectivity index (χ4v) is 6.61. The fraction of sp³-hybridized carbons (Fsp3) is 0.567. The molecule has 5 heteroatoms. The van der Waals surface area contributed by atoms with Crippen molar-refractivity contribution in [3.63, 3.8) is 0 Å². The molecular formula is C30H42N2O3. The zero-order valence-electron chi connectivity index (χ0n) is 21.7. The second kappa shape index (κ2) is 11.1. The van der Waals surface area contributed by atoms with Gasteiger partial charge >= 0.3 is 0 Å². The molecule has 1 aliphatic heterocycles. The van der Waals surface area contributed by atoms with Gasteiger partial charge in [-0.2, -0.15) is 0 Å². The number of benzene rings is 2. The molecular weight excluding hydrogens is 436 g/mol. The molecule has 0 unspecified atom stereocenters. The lowest BCUT2D eigenvalue weighted by Crippen LogP contribution is -2.67. The Morgan fingerprint density at radius 2 is 1.91 bits per heavy atom. The number of ether oxygens (including phenoxy) is 1. The first kappa shape index (κ1) is 25.7. The van der Waals surface area contributed by atoms with Gasteiger partial charge in [-0.15, -0.1) is 0 Å². The van der Waals surface area contributed by atoms with Crippen LogP contribution in [0.4, 0.5) is 0 Å². The Bertz CT molecular complexity index is 981. The molecule has 2 aliphatic rings. The van der Waals surface area contributed by atoms with E-state index in [1.165, 1.54) is 5.56 Å². The fourth-order valence-electron chi connectivity index (χ4n) is 6.61. The number of hydrogen-bond donors (Lipinski definition) is 1. The van der Waals surface area contributed by atoms with E-state index >= 15 is 0 Å². The molecule has 2 fully saturated rings. The first-order chi connectivity index (χ1) is 16.9. The monoisotopic (exact) mass is 478 g/mol. The maximum atomic E-state index is 13.2. The lowest BCUT2D eigenvalue weighted by molar-refractivity contribution is -0.157. The normalized spacial score (nSPS) is 26.8. The van der Waals surface area contributed by atoms with Gasteiger partial charge in [0.15, 0.2) is 0 Å². The summed E-state index contributed by atoms with van der Waals surface area (Å²) in [6, 6.07) is 18.5. The Hall–Kier alpha value is -2.37. The van der Waals surface area contributed by atoms with E-state index in [2.05, 4.69) is 48.3 Å². The molecule has 1 aliphatic carbocycles. The molecule has 4 rings (SSSR count). The largest absolute Gasteiger partial charge is 0.508 e. The quantitative estimate of drug-likeness (QED) is 0.506. The molecule has 1 saturated heterocycles. The van der Waals surface area contributed by atoms with Crippen LogP contribution >= 0.6 is 0 Å². The number of aromatic hydroxyl groups is 1. The van der Waals surface area contributed by atoms with Crippen molar-refractivity contribution in [1.82, 2.24) is 9.80 Å². The Balaban J connectivity index is 1.41. The molecule has 35 heavy (non-hydrogen) atoms. The number of likely N-dealkylation sites (N-methyl/N-ethyl adjacent to an activating group) is 1. The van der Waals surface area contributed by atoms with Crippen LogP contribution in [-0.4, -0.2) is 66.8 Å². The average molecular weight is 479 g/mol. The summed E-state index contributed by atoms with van der Waals surface area (Å²) in [6.07, 6.45) is 8.49. The molecule has 0 aromatic heterocycles. The highest BCUT2D eigenvalue weighted by molar-refractivity contribution is 5.76. The standard InChI is InChI=1S/C30H42N2O3/c1-31-20-19-29(25-14-10-15-27(33)21-25)22-26(17-18-30(29,23-31)35-3)32(2)28(34)16-9-5-8-13-24-11-6-4-7-12-24/h4,6-7,10-12,14-15,21,26,33H,5,8-9,13,16-20,22-23H2,1-3H3/t26-,29-,30-/m0/s1. The predicted molar refractivity (Wildman–Crippen MR) is 141 cm³/mol. The second-order valence-electron chi connectivity index (χ2n) is 10.8. The van der Waals surface area contributed by atoms with E-state index in [-0.39, 0.29) is 23.0 Å². The number of methoxy groups -OCH3 is 1. The predicted octanol–water partition coefficient (Wildman–Crippen LogP) is 5.16. The molecule has 0 radical (unpaired) electrons. The van der Waals surface area contributed by atoms with Crippen molar-refractivity contribution in [2.24, 2.45) is 0 Å². The maximum Gasteiger partial charge on any atom is 0.222 e. The van der Waals surface area contributed by atoms with Gasteiger partial charge in [0.25, 0.3) is 0 Å². The topological polar surface area (TPSA) is 53.0 Å². The zero-order valence-corrected chi connectivity index (χ0v) is 21.7. The van der Waals surface area contributed by atoms with Gasteiger partial charge in [0.2, 0.25) is 5.91 Å². The minimum Gasteiger partial charge on any atom is -0.508 e. The Labute approximate surface area is 211 Å². The first-order valence-corrected chi connectivity index (χ1v) is 13.2. The Morgan fingerprint density at radius 3 is 2.66 bits per heavy atom. The summed E-state index contributed by atoms with van der Waals surface area (Å²) in [7, 11) is 5.98. The molecule has 3 atom stereocenters. The number of phenols is 1. The van der Waals surface area contributed by atoms with E-state index in [9.17, 15) is 9.90 Å². The number of amides is 1.